The van der Waals surface area contributed by atoms with E-state index < -0.39 is 47.0 Å². The van der Waals surface area contributed by atoms with Crippen molar-refractivity contribution in [3.63, 3.8) is 0 Å². The zero-order chi connectivity index (χ0) is 36.3. The van der Waals surface area contributed by atoms with E-state index in [4.69, 9.17) is 14.2 Å². The summed E-state index contributed by atoms with van der Waals surface area (Å²) in [7, 11) is 0. The summed E-state index contributed by atoms with van der Waals surface area (Å²) in [5, 5.41) is 21.6. The second kappa shape index (κ2) is 20.2. The second-order valence-electron chi connectivity index (χ2n) is 10.9. The number of benzene rings is 3. The lowest BCUT2D eigenvalue weighted by Gasteiger charge is -2.23. The van der Waals surface area contributed by atoms with Gasteiger partial charge >= 0.3 is 12.2 Å². The van der Waals surface area contributed by atoms with E-state index in [-0.39, 0.29) is 44.0 Å². The molecule has 0 aliphatic carbocycles. The maximum atomic E-state index is 13.4. The van der Waals surface area contributed by atoms with Crippen molar-refractivity contribution in [1.82, 2.24) is 16.0 Å². The van der Waals surface area contributed by atoms with Crippen LogP contribution in [0.5, 0.6) is 5.75 Å². The first-order valence-corrected chi connectivity index (χ1v) is 15.7. The van der Waals surface area contributed by atoms with Crippen molar-refractivity contribution < 1.29 is 43.1 Å². The van der Waals surface area contributed by atoms with Gasteiger partial charge in [0, 0.05) is 37.7 Å². The first kappa shape index (κ1) is 38.2. The molecule has 0 spiro atoms. The summed E-state index contributed by atoms with van der Waals surface area (Å²) in [6, 6.07) is 18.6. The number of nitrogens with zero attached hydrogens (tertiary/aromatic N) is 1. The molecular formula is C35H39N5O10. The number of hydrogen-bond acceptors (Lipinski definition) is 10. The van der Waals surface area contributed by atoms with E-state index >= 15 is 0 Å². The normalized spacial score (nSPS) is 11.5. The molecule has 0 bridgehead atoms. The van der Waals surface area contributed by atoms with Gasteiger partial charge in [-0.05, 0) is 54.7 Å². The quantitative estimate of drug-likeness (QED) is 0.0366. The van der Waals surface area contributed by atoms with Crippen LogP contribution in [0.4, 0.5) is 21.0 Å². The number of carbonyl (C=O) groups excluding carboxylic acids is 5. The van der Waals surface area contributed by atoms with Gasteiger partial charge in [-0.3, -0.25) is 24.5 Å². The molecule has 3 aromatic carbocycles. The third-order valence-electron chi connectivity index (χ3n) is 6.96. The molecule has 15 heteroatoms. The van der Waals surface area contributed by atoms with E-state index in [0.717, 1.165) is 5.56 Å². The Labute approximate surface area is 288 Å². The minimum Gasteiger partial charge on any atom is -0.445 e. The number of anilines is 1. The van der Waals surface area contributed by atoms with Crippen LogP contribution >= 0.6 is 0 Å². The molecular weight excluding hydrogens is 650 g/mol. The van der Waals surface area contributed by atoms with Gasteiger partial charge < -0.3 is 35.5 Å². The van der Waals surface area contributed by atoms with Gasteiger partial charge in [0.2, 0.25) is 17.7 Å². The van der Waals surface area contributed by atoms with Crippen molar-refractivity contribution in [1.29, 1.82) is 0 Å². The number of nitrogens with one attached hydrogen (secondary N) is 4. The van der Waals surface area contributed by atoms with Crippen LogP contribution in [-0.4, -0.2) is 60.1 Å². The molecule has 0 aromatic heterocycles. The van der Waals surface area contributed by atoms with Gasteiger partial charge in [-0.1, -0.05) is 55.1 Å². The minimum absolute atomic E-state index is 0.0728. The van der Waals surface area contributed by atoms with E-state index in [1.807, 2.05) is 30.3 Å². The largest absolute Gasteiger partial charge is 0.514 e. The van der Waals surface area contributed by atoms with Crippen molar-refractivity contribution in [2.24, 2.45) is 0 Å². The lowest BCUT2D eigenvalue weighted by molar-refractivity contribution is -0.384. The van der Waals surface area contributed by atoms with E-state index in [9.17, 15) is 34.1 Å². The number of rotatable bonds is 18. The summed E-state index contributed by atoms with van der Waals surface area (Å²) >= 11 is 0. The van der Waals surface area contributed by atoms with Gasteiger partial charge in [0.25, 0.3) is 5.69 Å². The first-order valence-electron chi connectivity index (χ1n) is 15.7. The van der Waals surface area contributed by atoms with Gasteiger partial charge in [-0.2, -0.15) is 0 Å². The number of nitro benzene ring substituents is 1. The molecule has 15 nitrogen and oxygen atoms in total. The monoisotopic (exact) mass is 689 g/mol. The third kappa shape index (κ3) is 13.9. The molecule has 3 aromatic rings. The van der Waals surface area contributed by atoms with Crippen LogP contribution in [0.25, 0.3) is 0 Å². The Hall–Kier alpha value is -6.25. The molecule has 4 amide bonds. The molecule has 264 valence electrons. The molecule has 0 radical (unpaired) electrons. The number of non-ortho nitro benzene ring substituents is 1. The summed E-state index contributed by atoms with van der Waals surface area (Å²) in [6.45, 7) is 4.99. The Morgan fingerprint density at radius 3 is 2.18 bits per heavy atom. The molecule has 0 heterocycles. The summed E-state index contributed by atoms with van der Waals surface area (Å²) in [4.78, 5) is 72.7. The van der Waals surface area contributed by atoms with Crippen LogP contribution in [0.3, 0.4) is 0 Å². The van der Waals surface area contributed by atoms with E-state index in [1.165, 1.54) is 37.3 Å². The molecule has 0 unspecified atom stereocenters. The summed E-state index contributed by atoms with van der Waals surface area (Å²) in [5.41, 5.74) is 1.65. The number of carbonyl (C=O) groups is 5. The SMILES string of the molecule is C=CCOC(=O)NCCCC[C@H](NC(=O)[C@H](Cc1ccccc1)NC(C)=O)C(=O)Nc1ccc(COC(=O)Oc2ccc([N+](=O)[O-])cc2)cc1. The van der Waals surface area contributed by atoms with Crippen molar-refractivity contribution in [3.05, 3.63) is 113 Å². The van der Waals surface area contributed by atoms with E-state index in [0.29, 0.717) is 24.1 Å². The van der Waals surface area contributed by atoms with E-state index in [2.05, 4.69) is 27.8 Å². The van der Waals surface area contributed by atoms with Crippen LogP contribution in [-0.2, 0) is 36.9 Å². The topological polar surface area (TPSA) is 204 Å². The van der Waals surface area contributed by atoms with Crippen molar-refractivity contribution in [2.45, 2.75) is 51.3 Å². The predicted molar refractivity (Wildman–Crippen MR) is 182 cm³/mol. The number of ether oxygens (including phenoxy) is 3. The lowest BCUT2D eigenvalue weighted by Crippen LogP contribution is -2.53. The van der Waals surface area contributed by atoms with Gasteiger partial charge in [0.05, 0.1) is 4.92 Å². The molecule has 0 aliphatic rings. The molecule has 0 saturated carbocycles. The Morgan fingerprint density at radius 2 is 1.54 bits per heavy atom. The average Bonchev–Trinajstić information content (AvgIpc) is 3.09. The maximum absolute atomic E-state index is 13.4. The standard InChI is InChI=1S/C35H39N5O10/c1-3-21-48-34(44)36-20-8-7-11-30(39-33(43)31(37-24(2)41)22-25-9-5-4-6-10-25)32(42)38-27-14-12-26(13-15-27)23-49-35(45)50-29-18-16-28(17-19-29)40(46)47/h3-6,9-10,12-19,30-31H,1,7-8,11,20-23H2,2H3,(H,36,44)(H,37,41)(H,38,42)(H,39,43)/t30-,31-/m0/s1. The van der Waals surface area contributed by atoms with Crippen molar-refractivity contribution in [2.75, 3.05) is 18.5 Å². The van der Waals surface area contributed by atoms with Crippen LogP contribution in [0, 0.1) is 10.1 Å². The Balaban J connectivity index is 1.60. The van der Waals surface area contributed by atoms with E-state index in [1.54, 1.807) is 24.3 Å². The second-order valence-corrected chi connectivity index (χ2v) is 10.9. The number of nitro groups is 1. The number of unbranched alkanes of at least 4 members (excludes halogenated alkanes) is 1. The van der Waals surface area contributed by atoms with Crippen LogP contribution in [0.2, 0.25) is 0 Å². The van der Waals surface area contributed by atoms with Crippen molar-refractivity contribution in [3.8, 4) is 5.75 Å². The molecule has 2 atom stereocenters. The highest BCUT2D eigenvalue weighted by Crippen LogP contribution is 2.18. The zero-order valence-electron chi connectivity index (χ0n) is 27.4. The number of hydrogen-bond donors (Lipinski definition) is 4. The highest BCUT2D eigenvalue weighted by atomic mass is 16.7. The van der Waals surface area contributed by atoms with Gasteiger partial charge in [-0.15, -0.1) is 0 Å². The average molecular weight is 690 g/mol. The Bertz CT molecular complexity index is 1620. The molecule has 50 heavy (non-hydrogen) atoms. The van der Waals surface area contributed by atoms with Crippen molar-refractivity contribution >= 4 is 41.3 Å². The van der Waals surface area contributed by atoms with Gasteiger partial charge in [-0.25, -0.2) is 9.59 Å². The maximum Gasteiger partial charge on any atom is 0.514 e. The number of amides is 4. The summed E-state index contributed by atoms with van der Waals surface area (Å²) in [6.07, 6.45) is 1.22. The van der Waals surface area contributed by atoms with Gasteiger partial charge in [0.15, 0.2) is 0 Å². The lowest BCUT2D eigenvalue weighted by atomic mass is 10.0. The fourth-order valence-electron chi connectivity index (χ4n) is 4.51. The van der Waals surface area contributed by atoms with Crippen LogP contribution in [0.15, 0.2) is 91.5 Å². The highest BCUT2D eigenvalue weighted by molar-refractivity contribution is 5.98. The zero-order valence-corrected chi connectivity index (χ0v) is 27.4. The predicted octanol–water partition coefficient (Wildman–Crippen LogP) is 4.56. The Morgan fingerprint density at radius 1 is 0.840 bits per heavy atom. The minimum atomic E-state index is -1.01. The number of alkyl carbamates (subject to hydrolysis) is 1. The molecule has 0 fully saturated rings. The molecule has 4 N–H and O–H groups in total. The summed E-state index contributed by atoms with van der Waals surface area (Å²) < 4.78 is 15.0. The Kier molecular flexibility index (Phi) is 15.4. The fraction of sp³-hybridized carbons (Fsp3) is 0.286. The molecule has 3 rings (SSSR count). The summed E-state index contributed by atoms with van der Waals surface area (Å²) in [5.74, 6) is -1.37. The van der Waals surface area contributed by atoms with Crippen LogP contribution < -0.4 is 26.0 Å². The fourth-order valence-corrected chi connectivity index (χ4v) is 4.51. The smallest absolute Gasteiger partial charge is 0.445 e. The molecule has 0 aliphatic heterocycles. The van der Waals surface area contributed by atoms with Crippen LogP contribution in [0.1, 0.15) is 37.3 Å². The van der Waals surface area contributed by atoms with Gasteiger partial charge in [0.1, 0.15) is 31.0 Å². The molecule has 0 saturated heterocycles. The first-order chi connectivity index (χ1) is 24.0. The third-order valence-corrected chi connectivity index (χ3v) is 6.96. The highest BCUT2D eigenvalue weighted by Gasteiger charge is 2.26.